The molecular weight excluding hydrogens is 366 g/mol. The Balaban J connectivity index is 1.73. The molecule has 0 spiro atoms. The maximum atomic E-state index is 12.4. The van der Waals surface area contributed by atoms with Crippen molar-refractivity contribution in [2.24, 2.45) is 0 Å². The Morgan fingerprint density at radius 3 is 2.30 bits per heavy atom. The number of rotatable bonds is 5. The summed E-state index contributed by atoms with van der Waals surface area (Å²) in [6, 6.07) is 9.28. The van der Waals surface area contributed by atoms with Gasteiger partial charge in [0.15, 0.2) is 0 Å². The van der Waals surface area contributed by atoms with Gasteiger partial charge in [-0.1, -0.05) is 0 Å². The number of amides is 1. The Bertz CT molecular complexity index is 1060. The number of anilines is 1. The van der Waals surface area contributed by atoms with Crippen molar-refractivity contribution >= 4 is 21.6 Å². The zero-order valence-electron chi connectivity index (χ0n) is 15.1. The van der Waals surface area contributed by atoms with Gasteiger partial charge in [-0.3, -0.25) is 9.36 Å². The van der Waals surface area contributed by atoms with Crippen molar-refractivity contribution in [1.29, 1.82) is 0 Å². The van der Waals surface area contributed by atoms with E-state index in [0.717, 1.165) is 10.1 Å². The minimum atomic E-state index is -3.52. The van der Waals surface area contributed by atoms with E-state index >= 15 is 0 Å². The fourth-order valence-electron chi connectivity index (χ4n) is 2.41. The lowest BCUT2D eigenvalue weighted by atomic mass is 10.2. The summed E-state index contributed by atoms with van der Waals surface area (Å²) in [5.74, 6) is 1.16. The van der Waals surface area contributed by atoms with Gasteiger partial charge in [0, 0.05) is 32.1 Å². The van der Waals surface area contributed by atoms with Crippen molar-refractivity contribution in [1.82, 2.24) is 18.8 Å². The van der Waals surface area contributed by atoms with Crippen molar-refractivity contribution in [3.8, 4) is 5.82 Å². The van der Waals surface area contributed by atoms with Crippen LogP contribution >= 0.6 is 0 Å². The van der Waals surface area contributed by atoms with Crippen LogP contribution in [-0.2, 0) is 10.0 Å². The van der Waals surface area contributed by atoms with E-state index in [4.69, 9.17) is 0 Å². The van der Waals surface area contributed by atoms with Gasteiger partial charge < -0.3 is 5.32 Å². The molecule has 0 aliphatic carbocycles. The smallest absolute Gasteiger partial charge is 0.255 e. The second kappa shape index (κ2) is 7.29. The fraction of sp³-hybridized carbons (Fsp3) is 0.167. The summed E-state index contributed by atoms with van der Waals surface area (Å²) in [7, 11) is -0.611. The predicted octanol–water partition coefficient (Wildman–Crippen LogP) is 2.08. The summed E-state index contributed by atoms with van der Waals surface area (Å²) in [5, 5.41) is 2.74. The van der Waals surface area contributed by atoms with Crippen LogP contribution in [0.1, 0.15) is 16.2 Å². The molecule has 1 N–H and O–H groups in total. The van der Waals surface area contributed by atoms with Gasteiger partial charge in [-0.2, -0.15) is 0 Å². The normalized spacial score (nSPS) is 11.6. The van der Waals surface area contributed by atoms with Crippen LogP contribution in [0.5, 0.6) is 0 Å². The molecule has 1 amide bonds. The molecule has 3 aromatic rings. The molecule has 2 aromatic heterocycles. The van der Waals surface area contributed by atoms with Crippen LogP contribution in [-0.4, -0.2) is 47.3 Å². The molecular formula is C18H19N5O3S. The van der Waals surface area contributed by atoms with Crippen molar-refractivity contribution in [3.05, 3.63) is 66.4 Å². The second-order valence-electron chi connectivity index (χ2n) is 6.02. The highest BCUT2D eigenvalue weighted by atomic mass is 32.2. The number of nitrogens with one attached hydrogen (secondary N) is 1. The number of imidazole rings is 1. The molecule has 140 valence electrons. The highest BCUT2D eigenvalue weighted by molar-refractivity contribution is 7.89. The van der Waals surface area contributed by atoms with Gasteiger partial charge in [0.1, 0.15) is 11.6 Å². The molecule has 1 aromatic carbocycles. The average molecular weight is 385 g/mol. The van der Waals surface area contributed by atoms with Crippen LogP contribution in [0, 0.1) is 6.92 Å². The van der Waals surface area contributed by atoms with Gasteiger partial charge in [-0.05, 0) is 43.3 Å². The first-order valence-electron chi connectivity index (χ1n) is 8.09. The molecule has 0 aliphatic rings. The number of carbonyl (C=O) groups excluding carboxylic acids is 1. The van der Waals surface area contributed by atoms with E-state index in [2.05, 4.69) is 15.3 Å². The number of aryl methyl sites for hydroxylation is 1. The third-order valence-electron chi connectivity index (χ3n) is 3.97. The van der Waals surface area contributed by atoms with Gasteiger partial charge in [0.25, 0.3) is 5.91 Å². The van der Waals surface area contributed by atoms with Gasteiger partial charge in [0.05, 0.1) is 16.8 Å². The molecule has 9 heteroatoms. The highest BCUT2D eigenvalue weighted by Gasteiger charge is 2.17. The average Bonchev–Trinajstić information content (AvgIpc) is 3.08. The van der Waals surface area contributed by atoms with E-state index in [1.807, 2.05) is 11.5 Å². The Labute approximate surface area is 157 Å². The highest BCUT2D eigenvalue weighted by Crippen LogP contribution is 2.16. The van der Waals surface area contributed by atoms with Crippen molar-refractivity contribution in [2.45, 2.75) is 11.8 Å². The Morgan fingerprint density at radius 1 is 1.07 bits per heavy atom. The number of pyridine rings is 1. The van der Waals surface area contributed by atoms with Gasteiger partial charge >= 0.3 is 0 Å². The van der Waals surface area contributed by atoms with Gasteiger partial charge in [-0.25, -0.2) is 22.7 Å². The Kier molecular flexibility index (Phi) is 5.06. The van der Waals surface area contributed by atoms with E-state index in [-0.39, 0.29) is 10.8 Å². The number of nitrogens with zero attached hydrogens (tertiary/aromatic N) is 4. The third kappa shape index (κ3) is 3.88. The van der Waals surface area contributed by atoms with Gasteiger partial charge in [0.2, 0.25) is 10.0 Å². The van der Waals surface area contributed by atoms with E-state index in [0.29, 0.717) is 17.1 Å². The Morgan fingerprint density at radius 2 is 1.78 bits per heavy atom. The lowest BCUT2D eigenvalue weighted by molar-refractivity contribution is 0.102. The fourth-order valence-corrected chi connectivity index (χ4v) is 3.32. The summed E-state index contributed by atoms with van der Waals surface area (Å²) >= 11 is 0. The monoisotopic (exact) mass is 385 g/mol. The van der Waals surface area contributed by atoms with Crippen molar-refractivity contribution < 1.29 is 13.2 Å². The van der Waals surface area contributed by atoms with E-state index in [9.17, 15) is 13.2 Å². The molecule has 3 rings (SSSR count). The summed E-state index contributed by atoms with van der Waals surface area (Å²) in [6.45, 7) is 1.87. The van der Waals surface area contributed by atoms with E-state index in [1.165, 1.54) is 38.4 Å². The minimum Gasteiger partial charge on any atom is -0.321 e. The molecule has 27 heavy (non-hydrogen) atoms. The molecule has 0 unspecified atom stereocenters. The standard InChI is InChI=1S/C18H19N5O3S/c1-13-19-10-11-23(13)17-9-6-15(12-20-17)21-18(24)14-4-7-16(8-5-14)27(25,26)22(2)3/h4-12H,1-3H3,(H,21,24). The van der Waals surface area contributed by atoms with Crippen LogP contribution in [0.15, 0.2) is 59.9 Å². The van der Waals surface area contributed by atoms with Crippen LogP contribution in [0.4, 0.5) is 5.69 Å². The van der Waals surface area contributed by atoms with Crippen LogP contribution in [0.3, 0.4) is 0 Å². The summed E-state index contributed by atoms with van der Waals surface area (Å²) in [6.07, 6.45) is 5.05. The number of sulfonamides is 1. The lowest BCUT2D eigenvalue weighted by Gasteiger charge is -2.11. The maximum Gasteiger partial charge on any atom is 0.255 e. The topological polar surface area (TPSA) is 97.2 Å². The number of hydrogen-bond acceptors (Lipinski definition) is 5. The third-order valence-corrected chi connectivity index (χ3v) is 5.80. The number of carbonyl (C=O) groups is 1. The zero-order valence-corrected chi connectivity index (χ0v) is 15.9. The molecule has 2 heterocycles. The minimum absolute atomic E-state index is 0.130. The zero-order chi connectivity index (χ0) is 19.6. The predicted molar refractivity (Wildman–Crippen MR) is 101 cm³/mol. The van der Waals surface area contributed by atoms with E-state index in [1.54, 1.807) is 30.7 Å². The summed E-state index contributed by atoms with van der Waals surface area (Å²) < 4.78 is 27.1. The lowest BCUT2D eigenvalue weighted by Crippen LogP contribution is -2.22. The largest absolute Gasteiger partial charge is 0.321 e. The van der Waals surface area contributed by atoms with Crippen molar-refractivity contribution in [3.63, 3.8) is 0 Å². The van der Waals surface area contributed by atoms with Crippen LogP contribution < -0.4 is 5.32 Å². The molecule has 0 bridgehead atoms. The Hall–Kier alpha value is -3.04. The molecule has 8 nitrogen and oxygen atoms in total. The quantitative estimate of drug-likeness (QED) is 0.725. The number of benzene rings is 1. The number of aromatic nitrogens is 3. The molecule has 0 radical (unpaired) electrons. The first-order valence-corrected chi connectivity index (χ1v) is 9.53. The summed E-state index contributed by atoms with van der Waals surface area (Å²) in [4.78, 5) is 21.0. The van der Waals surface area contributed by atoms with Gasteiger partial charge in [-0.15, -0.1) is 0 Å². The van der Waals surface area contributed by atoms with Crippen LogP contribution in [0.2, 0.25) is 0 Å². The first kappa shape index (κ1) is 18.7. The van der Waals surface area contributed by atoms with E-state index < -0.39 is 10.0 Å². The number of hydrogen-bond donors (Lipinski definition) is 1. The first-order chi connectivity index (χ1) is 12.8. The summed E-state index contributed by atoms with van der Waals surface area (Å²) in [5.41, 5.74) is 0.883. The SMILES string of the molecule is Cc1nccn1-c1ccc(NC(=O)c2ccc(S(=O)(=O)N(C)C)cc2)cn1. The molecule has 0 aliphatic heterocycles. The molecule has 0 saturated heterocycles. The van der Waals surface area contributed by atoms with Crippen LogP contribution in [0.25, 0.3) is 5.82 Å². The molecule has 0 atom stereocenters. The maximum absolute atomic E-state index is 12.4. The molecule has 0 saturated carbocycles. The second-order valence-corrected chi connectivity index (χ2v) is 8.17. The van der Waals surface area contributed by atoms with Crippen molar-refractivity contribution in [2.75, 3.05) is 19.4 Å². The molecule has 0 fully saturated rings.